The molecule has 0 saturated heterocycles. The van der Waals surface area contributed by atoms with Crippen molar-refractivity contribution < 1.29 is 21.5 Å². The summed E-state index contributed by atoms with van der Waals surface area (Å²) in [6.45, 7) is 6.43. The largest absolute Gasteiger partial charge is 0.491 e. The topological polar surface area (TPSA) is 106 Å². The Morgan fingerprint density at radius 1 is 0.976 bits per heavy atom. The van der Waals surface area contributed by atoms with Gasteiger partial charge >= 0.3 is 0 Å². The molecule has 0 heterocycles. The summed E-state index contributed by atoms with van der Waals surface area (Å²) in [5.41, 5.74) is 2.76. The smallest absolute Gasteiger partial charge is 0.224 e. The summed E-state index contributed by atoms with van der Waals surface area (Å²) in [4.78, 5) is 0.628. The number of fused-ring (bicyclic) bond motifs is 1. The van der Waals surface area contributed by atoms with Gasteiger partial charge in [0.25, 0.3) is 0 Å². The molecule has 218 valence electrons. The Bertz CT molecular complexity index is 1760. The standard InChI is InChI=1S/C33H34N2O5S2/c1-4-5-9-25(3)23-35-31-19-16-27(39-20-21-40-41(36)28-17-14-24(2)15-18-28)22-30(31)33(34)42(37,38)32-13-8-11-26-10-6-7-12-29(26)32/h4-19,22,34-35H,20-21,23H2,1-3H3/b5-4-,25-9+,34-33?. The SMILES string of the molecule is C/C=C\C=C(/C)CNc1ccc(OCCOS(=O)c2ccc(C)cc2)cc1C(=N)S(=O)(=O)c1cccc2ccccc12. The van der Waals surface area contributed by atoms with Crippen molar-refractivity contribution in [1.29, 1.82) is 5.41 Å². The quantitative estimate of drug-likeness (QED) is 0.0783. The fourth-order valence-corrected chi connectivity index (χ4v) is 6.31. The van der Waals surface area contributed by atoms with Gasteiger partial charge < -0.3 is 10.1 Å². The maximum Gasteiger partial charge on any atom is 0.224 e. The van der Waals surface area contributed by atoms with E-state index in [1.807, 2.05) is 69.3 Å². The lowest BCUT2D eigenvalue weighted by Crippen LogP contribution is -2.18. The molecule has 0 saturated carbocycles. The van der Waals surface area contributed by atoms with E-state index in [0.29, 0.717) is 28.3 Å². The summed E-state index contributed by atoms with van der Waals surface area (Å²) in [5, 5.41) is 12.9. The highest BCUT2D eigenvalue weighted by atomic mass is 32.2. The van der Waals surface area contributed by atoms with E-state index < -0.39 is 26.0 Å². The Labute approximate surface area is 250 Å². The van der Waals surface area contributed by atoms with E-state index in [-0.39, 0.29) is 23.7 Å². The number of hydrogen-bond acceptors (Lipinski definition) is 7. The third kappa shape index (κ3) is 7.61. The van der Waals surface area contributed by atoms with Crippen LogP contribution in [0.2, 0.25) is 0 Å². The number of hydrogen-bond donors (Lipinski definition) is 2. The minimum absolute atomic E-state index is 0.0521. The van der Waals surface area contributed by atoms with Gasteiger partial charge in [-0.25, -0.2) is 12.6 Å². The molecule has 1 atom stereocenters. The Balaban J connectivity index is 1.57. The molecule has 4 aromatic carbocycles. The number of anilines is 1. The number of rotatable bonds is 12. The zero-order chi connectivity index (χ0) is 30.1. The summed E-state index contributed by atoms with van der Waals surface area (Å²) in [6, 6.07) is 24.4. The van der Waals surface area contributed by atoms with Crippen molar-refractivity contribution in [1.82, 2.24) is 0 Å². The van der Waals surface area contributed by atoms with E-state index >= 15 is 0 Å². The number of allylic oxidation sites excluding steroid dienone is 3. The third-order valence-corrected chi connectivity index (χ3v) is 9.16. The van der Waals surface area contributed by atoms with Gasteiger partial charge in [-0.05, 0) is 62.6 Å². The maximum atomic E-state index is 13.8. The van der Waals surface area contributed by atoms with E-state index in [1.54, 1.807) is 42.5 Å². The Kier molecular flexibility index (Phi) is 10.5. The monoisotopic (exact) mass is 602 g/mol. The van der Waals surface area contributed by atoms with Gasteiger partial charge in [0, 0.05) is 23.2 Å². The highest BCUT2D eigenvalue weighted by Gasteiger charge is 2.27. The second-order valence-corrected chi connectivity index (χ2v) is 12.7. The first-order valence-electron chi connectivity index (χ1n) is 13.4. The van der Waals surface area contributed by atoms with Crippen LogP contribution in [0.4, 0.5) is 5.69 Å². The highest BCUT2D eigenvalue weighted by molar-refractivity contribution is 8.07. The van der Waals surface area contributed by atoms with Gasteiger partial charge in [0.15, 0.2) is 16.1 Å². The first-order valence-corrected chi connectivity index (χ1v) is 16.0. The van der Waals surface area contributed by atoms with Crippen molar-refractivity contribution >= 4 is 42.4 Å². The van der Waals surface area contributed by atoms with Crippen molar-refractivity contribution in [3.05, 3.63) is 120 Å². The molecule has 4 rings (SSSR count). The first kappa shape index (κ1) is 30.9. The first-order chi connectivity index (χ1) is 20.2. The molecule has 1 unspecified atom stereocenters. The molecule has 9 heteroatoms. The van der Waals surface area contributed by atoms with Crippen LogP contribution in [-0.2, 0) is 25.1 Å². The molecular formula is C33H34N2O5S2. The van der Waals surface area contributed by atoms with Crippen LogP contribution in [-0.4, -0.2) is 37.4 Å². The average Bonchev–Trinajstić information content (AvgIpc) is 3.00. The van der Waals surface area contributed by atoms with Gasteiger partial charge in [-0.2, -0.15) is 0 Å². The van der Waals surface area contributed by atoms with Gasteiger partial charge in [-0.15, -0.1) is 0 Å². The Hall–Kier alpha value is -4.05. The van der Waals surface area contributed by atoms with Crippen molar-refractivity contribution in [2.24, 2.45) is 0 Å². The lowest BCUT2D eigenvalue weighted by atomic mass is 10.1. The van der Waals surface area contributed by atoms with Crippen LogP contribution in [0.15, 0.2) is 119 Å². The third-order valence-electron chi connectivity index (χ3n) is 6.43. The molecule has 0 spiro atoms. The molecule has 0 fully saturated rings. The average molecular weight is 603 g/mol. The summed E-state index contributed by atoms with van der Waals surface area (Å²) < 4.78 is 51.3. The molecule has 0 aliphatic carbocycles. The van der Waals surface area contributed by atoms with Crippen LogP contribution in [0.1, 0.15) is 25.0 Å². The number of nitrogens with one attached hydrogen (secondary N) is 2. The lowest BCUT2D eigenvalue weighted by Gasteiger charge is -2.16. The minimum Gasteiger partial charge on any atom is -0.491 e. The number of benzene rings is 4. The molecule has 4 aromatic rings. The second kappa shape index (κ2) is 14.2. The fraction of sp³-hybridized carbons (Fsp3) is 0.182. The van der Waals surface area contributed by atoms with Gasteiger partial charge in [0.05, 0.1) is 16.4 Å². The molecule has 0 amide bonds. The maximum absolute atomic E-state index is 13.8. The molecule has 0 radical (unpaired) electrons. The molecule has 0 bridgehead atoms. The van der Waals surface area contributed by atoms with E-state index in [9.17, 15) is 12.6 Å². The molecule has 42 heavy (non-hydrogen) atoms. The zero-order valence-corrected chi connectivity index (χ0v) is 25.4. The lowest BCUT2D eigenvalue weighted by molar-refractivity contribution is 0.230. The van der Waals surface area contributed by atoms with Crippen molar-refractivity contribution in [3.63, 3.8) is 0 Å². The van der Waals surface area contributed by atoms with E-state index in [2.05, 4.69) is 5.32 Å². The number of ether oxygens (including phenoxy) is 1. The fourth-order valence-electron chi connectivity index (χ4n) is 4.18. The van der Waals surface area contributed by atoms with Gasteiger partial charge in [0.1, 0.15) is 12.4 Å². The van der Waals surface area contributed by atoms with Gasteiger partial charge in [-0.1, -0.05) is 77.9 Å². The highest BCUT2D eigenvalue weighted by Crippen LogP contribution is 2.30. The van der Waals surface area contributed by atoms with E-state index in [4.69, 9.17) is 14.3 Å². The van der Waals surface area contributed by atoms with Gasteiger partial charge in [-0.3, -0.25) is 9.59 Å². The predicted molar refractivity (Wildman–Crippen MR) is 170 cm³/mol. The molecule has 0 aromatic heterocycles. The molecule has 2 N–H and O–H groups in total. The van der Waals surface area contributed by atoms with Crippen molar-refractivity contribution in [3.8, 4) is 5.75 Å². The summed E-state index contributed by atoms with van der Waals surface area (Å²) in [7, 11) is -4.18. The number of sulfone groups is 1. The van der Waals surface area contributed by atoms with E-state index in [0.717, 1.165) is 16.5 Å². The van der Waals surface area contributed by atoms with Crippen LogP contribution in [0.3, 0.4) is 0 Å². The van der Waals surface area contributed by atoms with Crippen LogP contribution in [0, 0.1) is 12.3 Å². The molecule has 7 nitrogen and oxygen atoms in total. The molecular weight excluding hydrogens is 569 g/mol. The predicted octanol–water partition coefficient (Wildman–Crippen LogP) is 7.00. The van der Waals surface area contributed by atoms with Crippen LogP contribution in [0.25, 0.3) is 10.8 Å². The second-order valence-electron chi connectivity index (χ2n) is 9.63. The van der Waals surface area contributed by atoms with Crippen molar-refractivity contribution in [2.45, 2.75) is 30.6 Å². The molecule has 0 aliphatic rings. The number of aryl methyl sites for hydroxylation is 1. The van der Waals surface area contributed by atoms with Crippen LogP contribution >= 0.6 is 0 Å². The summed E-state index contributed by atoms with van der Waals surface area (Å²) in [5.74, 6) is 0.360. The Morgan fingerprint density at radius 3 is 2.48 bits per heavy atom. The van der Waals surface area contributed by atoms with Crippen LogP contribution < -0.4 is 10.1 Å². The normalized spacial score (nSPS) is 12.9. The van der Waals surface area contributed by atoms with Crippen LogP contribution in [0.5, 0.6) is 5.75 Å². The molecule has 0 aliphatic heterocycles. The van der Waals surface area contributed by atoms with E-state index in [1.165, 1.54) is 12.1 Å². The Morgan fingerprint density at radius 2 is 1.71 bits per heavy atom. The summed E-state index contributed by atoms with van der Waals surface area (Å²) >= 11 is -1.63. The zero-order valence-electron chi connectivity index (χ0n) is 23.8. The van der Waals surface area contributed by atoms with Crippen molar-refractivity contribution in [2.75, 3.05) is 25.1 Å². The minimum atomic E-state index is -4.18. The van der Waals surface area contributed by atoms with Gasteiger partial charge in [0.2, 0.25) is 9.84 Å². The summed E-state index contributed by atoms with van der Waals surface area (Å²) in [6.07, 6.45) is 5.81.